The van der Waals surface area contributed by atoms with Gasteiger partial charge in [0.2, 0.25) is 6.19 Å². The van der Waals surface area contributed by atoms with Crippen LogP contribution in [0.4, 0.5) is 0 Å². The van der Waals surface area contributed by atoms with Crippen LogP contribution in [-0.2, 0) is 4.84 Å². The van der Waals surface area contributed by atoms with Gasteiger partial charge in [0.05, 0.1) is 7.11 Å². The number of nitrogens with zero attached hydrogens (tertiary/aromatic N) is 3. The monoisotopic (exact) mass is 115 g/mol. The second kappa shape index (κ2) is 3.24. The van der Waals surface area contributed by atoms with Crippen molar-refractivity contribution in [2.24, 2.45) is 0 Å². The standard InChI is InChI=1S/C4H9N3O/c1-6(2)7(4-5)8-3/h1-3H3. The third kappa shape index (κ3) is 1.78. The molecule has 4 heteroatoms. The molecule has 0 bridgehead atoms. The van der Waals surface area contributed by atoms with Gasteiger partial charge in [0.25, 0.3) is 0 Å². The van der Waals surface area contributed by atoms with Crippen molar-refractivity contribution < 1.29 is 4.84 Å². The molecule has 0 atom stereocenters. The Bertz CT molecular complexity index is 95.9. The molecule has 0 aromatic heterocycles. The van der Waals surface area contributed by atoms with Crippen LogP contribution in [0.25, 0.3) is 0 Å². The van der Waals surface area contributed by atoms with Crippen LogP contribution in [0.3, 0.4) is 0 Å². The Labute approximate surface area is 48.8 Å². The fourth-order valence-electron chi connectivity index (χ4n) is 0.294. The number of rotatable bonds is 2. The second-order valence-corrected chi connectivity index (χ2v) is 1.40. The van der Waals surface area contributed by atoms with E-state index in [0.717, 1.165) is 5.17 Å². The van der Waals surface area contributed by atoms with Crippen molar-refractivity contribution in [1.29, 1.82) is 5.26 Å². The first-order valence-electron chi connectivity index (χ1n) is 2.13. The van der Waals surface area contributed by atoms with E-state index < -0.39 is 0 Å². The Morgan fingerprint density at radius 1 is 1.50 bits per heavy atom. The van der Waals surface area contributed by atoms with E-state index in [1.165, 1.54) is 12.1 Å². The minimum absolute atomic E-state index is 1.06. The van der Waals surface area contributed by atoms with Gasteiger partial charge in [-0.2, -0.15) is 10.3 Å². The van der Waals surface area contributed by atoms with Crippen LogP contribution in [0.2, 0.25) is 0 Å². The maximum atomic E-state index is 8.21. The molecule has 0 aromatic rings. The van der Waals surface area contributed by atoms with E-state index in [1.54, 1.807) is 20.3 Å². The van der Waals surface area contributed by atoms with Gasteiger partial charge < -0.3 is 0 Å². The van der Waals surface area contributed by atoms with Gasteiger partial charge in [-0.05, 0) is 0 Å². The molecule has 0 aliphatic carbocycles. The summed E-state index contributed by atoms with van der Waals surface area (Å²) < 4.78 is 0. The number of hydrogen-bond acceptors (Lipinski definition) is 4. The summed E-state index contributed by atoms with van der Waals surface area (Å²) >= 11 is 0. The van der Waals surface area contributed by atoms with Crippen molar-refractivity contribution in [1.82, 2.24) is 10.2 Å². The third-order valence-corrected chi connectivity index (χ3v) is 0.622. The fraction of sp³-hybridized carbons (Fsp3) is 0.750. The lowest BCUT2D eigenvalue weighted by Gasteiger charge is -2.17. The molecule has 0 aliphatic rings. The van der Waals surface area contributed by atoms with Crippen molar-refractivity contribution in [3.05, 3.63) is 0 Å². The molecule has 8 heavy (non-hydrogen) atoms. The van der Waals surface area contributed by atoms with Gasteiger partial charge in [0.15, 0.2) is 0 Å². The molecule has 0 saturated heterocycles. The fourth-order valence-corrected chi connectivity index (χ4v) is 0.294. The minimum Gasteiger partial charge on any atom is -0.252 e. The molecule has 0 rings (SSSR count). The van der Waals surface area contributed by atoms with E-state index in [9.17, 15) is 0 Å². The zero-order valence-corrected chi connectivity index (χ0v) is 5.25. The molecule has 0 aromatic carbocycles. The summed E-state index contributed by atoms with van der Waals surface area (Å²) in [6.45, 7) is 0. The van der Waals surface area contributed by atoms with E-state index in [1.807, 2.05) is 0 Å². The number of hydrogen-bond donors (Lipinski definition) is 0. The number of nitriles is 1. The van der Waals surface area contributed by atoms with E-state index in [-0.39, 0.29) is 0 Å². The molecule has 0 heterocycles. The summed E-state index contributed by atoms with van der Waals surface area (Å²) in [6.07, 6.45) is 1.79. The van der Waals surface area contributed by atoms with Gasteiger partial charge >= 0.3 is 0 Å². The van der Waals surface area contributed by atoms with Gasteiger partial charge in [-0.1, -0.05) is 0 Å². The van der Waals surface area contributed by atoms with E-state index in [0.29, 0.717) is 0 Å². The summed E-state index contributed by atoms with van der Waals surface area (Å²) in [5.74, 6) is 0. The summed E-state index contributed by atoms with van der Waals surface area (Å²) in [7, 11) is 4.86. The summed E-state index contributed by atoms with van der Waals surface area (Å²) in [5.41, 5.74) is 0. The predicted octanol–water partition coefficient (Wildman–Crippen LogP) is -0.193. The summed E-state index contributed by atoms with van der Waals surface area (Å²) in [4.78, 5) is 4.56. The van der Waals surface area contributed by atoms with Crippen LogP contribution < -0.4 is 0 Å². The van der Waals surface area contributed by atoms with Crippen LogP contribution in [0.1, 0.15) is 0 Å². The quantitative estimate of drug-likeness (QED) is 0.284. The molecule has 46 valence electrons. The first-order chi connectivity index (χ1) is 3.72. The lowest BCUT2D eigenvalue weighted by Crippen LogP contribution is -2.31. The van der Waals surface area contributed by atoms with Gasteiger partial charge in [0.1, 0.15) is 0 Å². The lowest BCUT2D eigenvalue weighted by atomic mass is 11.1. The van der Waals surface area contributed by atoms with Crippen molar-refractivity contribution in [2.45, 2.75) is 0 Å². The van der Waals surface area contributed by atoms with E-state index >= 15 is 0 Å². The van der Waals surface area contributed by atoms with Crippen LogP contribution in [0, 0.1) is 11.5 Å². The minimum atomic E-state index is 1.06. The Balaban J connectivity index is 3.57. The van der Waals surface area contributed by atoms with Crippen molar-refractivity contribution in [2.75, 3.05) is 21.2 Å². The highest BCUT2D eigenvalue weighted by Gasteiger charge is 1.98. The highest BCUT2D eigenvalue weighted by molar-refractivity contribution is 4.57. The van der Waals surface area contributed by atoms with Crippen LogP contribution in [0.5, 0.6) is 0 Å². The molecule has 0 N–H and O–H groups in total. The average Bonchev–Trinajstić information content (AvgIpc) is 1.69. The normalized spacial score (nSPS) is 8.88. The van der Waals surface area contributed by atoms with Crippen LogP contribution >= 0.6 is 0 Å². The predicted molar refractivity (Wildman–Crippen MR) is 28.1 cm³/mol. The molecule has 0 unspecified atom stereocenters. The smallest absolute Gasteiger partial charge is 0.222 e. The highest BCUT2D eigenvalue weighted by atomic mass is 16.7. The highest BCUT2D eigenvalue weighted by Crippen LogP contribution is 1.84. The molecule has 0 aliphatic heterocycles. The van der Waals surface area contributed by atoms with E-state index in [2.05, 4.69) is 4.84 Å². The maximum Gasteiger partial charge on any atom is 0.222 e. The molecular weight excluding hydrogens is 106 g/mol. The lowest BCUT2D eigenvalue weighted by molar-refractivity contribution is -0.202. The second-order valence-electron chi connectivity index (χ2n) is 1.40. The molecule has 4 nitrogen and oxygen atoms in total. The molecular formula is C4H9N3O. The Morgan fingerprint density at radius 3 is 2.00 bits per heavy atom. The van der Waals surface area contributed by atoms with Gasteiger partial charge in [-0.25, -0.2) is 0 Å². The zero-order chi connectivity index (χ0) is 6.57. The Kier molecular flexibility index (Phi) is 2.92. The first kappa shape index (κ1) is 7.21. The summed E-state index contributed by atoms with van der Waals surface area (Å²) in [6, 6.07) is 0. The summed E-state index contributed by atoms with van der Waals surface area (Å²) in [5, 5.41) is 10.8. The van der Waals surface area contributed by atoms with Gasteiger partial charge in [-0.3, -0.25) is 4.84 Å². The van der Waals surface area contributed by atoms with Crippen molar-refractivity contribution in [3.63, 3.8) is 0 Å². The average molecular weight is 115 g/mol. The number of hydrazine groups is 1. The van der Waals surface area contributed by atoms with Crippen molar-refractivity contribution >= 4 is 0 Å². The molecule has 0 spiro atoms. The zero-order valence-electron chi connectivity index (χ0n) is 5.25. The van der Waals surface area contributed by atoms with E-state index in [4.69, 9.17) is 5.26 Å². The molecule has 0 saturated carbocycles. The Morgan fingerprint density at radius 2 is 2.00 bits per heavy atom. The van der Waals surface area contributed by atoms with Gasteiger partial charge in [0, 0.05) is 14.1 Å². The van der Waals surface area contributed by atoms with Crippen molar-refractivity contribution in [3.8, 4) is 6.19 Å². The molecule has 0 amide bonds. The first-order valence-corrected chi connectivity index (χ1v) is 2.13. The Hall–Kier alpha value is -0.790. The largest absolute Gasteiger partial charge is 0.252 e. The molecule has 0 radical (unpaired) electrons. The molecule has 0 fully saturated rings. The topological polar surface area (TPSA) is 39.5 Å². The van der Waals surface area contributed by atoms with Gasteiger partial charge in [-0.15, -0.1) is 5.17 Å². The maximum absolute atomic E-state index is 8.21. The SMILES string of the molecule is CON(C#N)N(C)C. The van der Waals surface area contributed by atoms with Crippen LogP contribution in [0.15, 0.2) is 0 Å². The third-order valence-electron chi connectivity index (χ3n) is 0.622. The number of hydroxylamine groups is 1. The van der Waals surface area contributed by atoms with Crippen LogP contribution in [-0.4, -0.2) is 31.4 Å².